The van der Waals surface area contributed by atoms with Crippen LogP contribution in [-0.2, 0) is 25.1 Å². The molecule has 1 radical (unpaired) electrons. The van der Waals surface area contributed by atoms with Crippen LogP contribution in [0.1, 0.15) is 12.0 Å². The number of hydrogen-bond acceptors (Lipinski definition) is 6. The third-order valence-corrected chi connectivity index (χ3v) is 6.48. The molecular formula is C23H29N2O5S. The van der Waals surface area contributed by atoms with Crippen LogP contribution in [0.5, 0.6) is 11.5 Å². The van der Waals surface area contributed by atoms with Crippen LogP contribution in [0.3, 0.4) is 0 Å². The lowest BCUT2D eigenvalue weighted by molar-refractivity contribution is -0.118. The number of rotatable bonds is 11. The largest absolute Gasteiger partial charge is 0.457 e. The highest BCUT2D eigenvalue weighted by Gasteiger charge is 2.15. The predicted octanol–water partition coefficient (Wildman–Crippen LogP) is 2.44. The summed E-state index contributed by atoms with van der Waals surface area (Å²) in [6.07, 6.45) is 1.59. The SMILES string of the molecule is O=C([CH]CCS(=O)(=O)Cc1cccc(Oc2ccccc2)c1)NCCN1CCOCC1. The third-order valence-electron chi connectivity index (χ3n) is 4.85. The van der Waals surface area contributed by atoms with Gasteiger partial charge in [0.15, 0.2) is 9.84 Å². The number of benzene rings is 2. The van der Waals surface area contributed by atoms with E-state index < -0.39 is 9.84 Å². The lowest BCUT2D eigenvalue weighted by Gasteiger charge is -2.26. The molecule has 0 saturated carbocycles. The van der Waals surface area contributed by atoms with E-state index in [1.807, 2.05) is 30.3 Å². The standard InChI is InChI=1S/C23H29N2O5S/c26-23(24-11-12-25-13-15-29-16-14-25)10-5-17-31(27,28)19-20-6-4-9-22(18-20)30-21-7-2-1-3-8-21/h1-4,6-10,18H,5,11-17,19H2,(H,24,26). The minimum atomic E-state index is -3.35. The smallest absolute Gasteiger partial charge is 0.223 e. The van der Waals surface area contributed by atoms with Crippen molar-refractivity contribution in [2.24, 2.45) is 0 Å². The number of carbonyl (C=O) groups is 1. The molecule has 2 aromatic rings. The zero-order valence-electron chi connectivity index (χ0n) is 17.5. The van der Waals surface area contributed by atoms with Gasteiger partial charge >= 0.3 is 0 Å². The maximum atomic E-state index is 12.5. The van der Waals surface area contributed by atoms with Gasteiger partial charge in [0, 0.05) is 26.2 Å². The van der Waals surface area contributed by atoms with Gasteiger partial charge in [-0.25, -0.2) is 8.42 Å². The zero-order valence-corrected chi connectivity index (χ0v) is 18.4. The summed E-state index contributed by atoms with van der Waals surface area (Å²) in [6.45, 7) is 4.49. The lowest BCUT2D eigenvalue weighted by Crippen LogP contribution is -2.41. The first-order chi connectivity index (χ1) is 15.0. The molecule has 1 heterocycles. The Morgan fingerprint density at radius 1 is 1.06 bits per heavy atom. The molecule has 3 rings (SSSR count). The molecule has 0 aliphatic carbocycles. The normalized spacial score (nSPS) is 14.8. The molecule has 1 N–H and O–H groups in total. The molecular weight excluding hydrogens is 416 g/mol. The number of morpholine rings is 1. The highest BCUT2D eigenvalue weighted by Crippen LogP contribution is 2.22. The first kappa shape index (κ1) is 23.2. The van der Waals surface area contributed by atoms with Crippen LogP contribution in [0.25, 0.3) is 0 Å². The number of amides is 1. The van der Waals surface area contributed by atoms with Gasteiger partial charge in [-0.2, -0.15) is 0 Å². The molecule has 0 bridgehead atoms. The molecule has 8 heteroatoms. The van der Waals surface area contributed by atoms with Crippen molar-refractivity contribution in [1.82, 2.24) is 10.2 Å². The van der Waals surface area contributed by atoms with Crippen molar-refractivity contribution in [1.29, 1.82) is 0 Å². The zero-order chi connectivity index (χ0) is 21.9. The molecule has 1 amide bonds. The van der Waals surface area contributed by atoms with Crippen LogP contribution in [-0.4, -0.2) is 64.4 Å². The Morgan fingerprint density at radius 2 is 1.81 bits per heavy atom. The summed E-state index contributed by atoms with van der Waals surface area (Å²) in [6, 6.07) is 16.4. The molecule has 1 fully saturated rings. The van der Waals surface area contributed by atoms with E-state index in [0.29, 0.717) is 23.6 Å². The Hall–Kier alpha value is -2.42. The van der Waals surface area contributed by atoms with E-state index in [-0.39, 0.29) is 23.8 Å². The van der Waals surface area contributed by atoms with Gasteiger partial charge in [0.25, 0.3) is 0 Å². The van der Waals surface area contributed by atoms with Crippen LogP contribution in [0.15, 0.2) is 54.6 Å². The van der Waals surface area contributed by atoms with Gasteiger partial charge < -0.3 is 14.8 Å². The van der Waals surface area contributed by atoms with Crippen LogP contribution in [0, 0.1) is 6.42 Å². The number of nitrogens with zero attached hydrogens (tertiary/aromatic N) is 1. The fourth-order valence-corrected chi connectivity index (χ4v) is 4.56. The molecule has 7 nitrogen and oxygen atoms in total. The van der Waals surface area contributed by atoms with Crippen LogP contribution >= 0.6 is 0 Å². The van der Waals surface area contributed by atoms with Gasteiger partial charge in [-0.05, 0) is 36.2 Å². The molecule has 0 atom stereocenters. The van der Waals surface area contributed by atoms with Gasteiger partial charge in [0.1, 0.15) is 11.5 Å². The number of sulfone groups is 1. The highest BCUT2D eigenvalue weighted by molar-refractivity contribution is 7.90. The fourth-order valence-electron chi connectivity index (χ4n) is 3.25. The maximum absolute atomic E-state index is 12.5. The van der Waals surface area contributed by atoms with Crippen molar-refractivity contribution in [2.45, 2.75) is 12.2 Å². The van der Waals surface area contributed by atoms with Crippen molar-refractivity contribution < 1.29 is 22.7 Å². The minimum Gasteiger partial charge on any atom is -0.457 e. The van der Waals surface area contributed by atoms with Crippen LogP contribution in [0.4, 0.5) is 0 Å². The van der Waals surface area contributed by atoms with Crippen molar-refractivity contribution in [3.63, 3.8) is 0 Å². The summed E-state index contributed by atoms with van der Waals surface area (Å²) >= 11 is 0. The predicted molar refractivity (Wildman–Crippen MR) is 120 cm³/mol. The van der Waals surface area contributed by atoms with Crippen LogP contribution in [0.2, 0.25) is 0 Å². The summed E-state index contributed by atoms with van der Waals surface area (Å²) < 4.78 is 36.0. The molecule has 1 aliphatic heterocycles. The Bertz CT molecular complexity index is 928. The summed E-state index contributed by atoms with van der Waals surface area (Å²) in [5, 5.41) is 2.81. The average Bonchev–Trinajstić information content (AvgIpc) is 2.75. The lowest BCUT2D eigenvalue weighted by atomic mass is 10.2. The van der Waals surface area contributed by atoms with Gasteiger partial charge in [-0.3, -0.25) is 9.69 Å². The van der Waals surface area contributed by atoms with Gasteiger partial charge in [0.05, 0.1) is 31.1 Å². The van der Waals surface area contributed by atoms with Crippen molar-refractivity contribution >= 4 is 15.7 Å². The van der Waals surface area contributed by atoms with Crippen LogP contribution < -0.4 is 10.1 Å². The number of ether oxygens (including phenoxy) is 2. The fraction of sp³-hybridized carbons (Fsp3) is 0.391. The number of carbonyl (C=O) groups excluding carboxylic acids is 1. The van der Waals surface area contributed by atoms with Crippen molar-refractivity contribution in [2.75, 3.05) is 45.1 Å². The minimum absolute atomic E-state index is 0.0757. The van der Waals surface area contributed by atoms with E-state index in [4.69, 9.17) is 9.47 Å². The summed E-state index contributed by atoms with van der Waals surface area (Å²) in [5.74, 6) is 0.877. The molecule has 1 saturated heterocycles. The maximum Gasteiger partial charge on any atom is 0.223 e. The first-order valence-electron chi connectivity index (χ1n) is 10.4. The second-order valence-electron chi connectivity index (χ2n) is 7.39. The topological polar surface area (TPSA) is 84.9 Å². The van der Waals surface area contributed by atoms with Gasteiger partial charge in [-0.1, -0.05) is 30.3 Å². The molecule has 2 aromatic carbocycles. The first-order valence-corrected chi connectivity index (χ1v) is 12.3. The summed E-state index contributed by atoms with van der Waals surface area (Å²) in [4.78, 5) is 14.2. The van der Waals surface area contributed by atoms with E-state index in [1.54, 1.807) is 24.3 Å². The Balaban J connectivity index is 1.38. The van der Waals surface area contributed by atoms with E-state index in [9.17, 15) is 13.2 Å². The second kappa shape index (κ2) is 11.8. The van der Waals surface area contributed by atoms with Gasteiger partial charge in [-0.15, -0.1) is 0 Å². The molecule has 31 heavy (non-hydrogen) atoms. The Morgan fingerprint density at radius 3 is 2.58 bits per heavy atom. The van der Waals surface area contributed by atoms with E-state index >= 15 is 0 Å². The third kappa shape index (κ3) is 8.69. The molecule has 1 aliphatic rings. The summed E-state index contributed by atoms with van der Waals surface area (Å²) in [5.41, 5.74) is 0.656. The van der Waals surface area contributed by atoms with Gasteiger partial charge in [0.2, 0.25) is 5.91 Å². The van der Waals surface area contributed by atoms with E-state index in [2.05, 4.69) is 10.2 Å². The monoisotopic (exact) mass is 445 g/mol. The number of nitrogens with one attached hydrogen (secondary N) is 1. The second-order valence-corrected chi connectivity index (χ2v) is 9.58. The summed E-state index contributed by atoms with van der Waals surface area (Å²) in [7, 11) is -3.35. The van der Waals surface area contributed by atoms with E-state index in [1.165, 1.54) is 6.42 Å². The Kier molecular flexibility index (Phi) is 8.87. The Labute approximate surface area is 184 Å². The average molecular weight is 446 g/mol. The molecule has 0 aromatic heterocycles. The van der Waals surface area contributed by atoms with Crippen molar-refractivity contribution in [3.8, 4) is 11.5 Å². The highest BCUT2D eigenvalue weighted by atomic mass is 32.2. The number of hydrogen-bond donors (Lipinski definition) is 1. The van der Waals surface area contributed by atoms with Crippen molar-refractivity contribution in [3.05, 3.63) is 66.6 Å². The molecule has 0 spiro atoms. The molecule has 167 valence electrons. The number of para-hydroxylation sites is 1. The quantitative estimate of drug-likeness (QED) is 0.572. The molecule has 0 unspecified atom stereocenters. The van der Waals surface area contributed by atoms with E-state index in [0.717, 1.165) is 32.8 Å².